The first-order chi connectivity index (χ1) is 9.93. The predicted molar refractivity (Wildman–Crippen MR) is 80.4 cm³/mol. The molecule has 2 heterocycles. The maximum atomic E-state index is 12.4. The first kappa shape index (κ1) is 15.1. The molecule has 0 unspecified atom stereocenters. The Morgan fingerprint density at radius 2 is 2.14 bits per heavy atom. The number of amides is 1. The maximum absolute atomic E-state index is 12.4. The van der Waals surface area contributed by atoms with Crippen LogP contribution in [0, 0.1) is 25.2 Å². The van der Waals surface area contributed by atoms with Crippen LogP contribution in [0.2, 0.25) is 0 Å². The van der Waals surface area contributed by atoms with Crippen LogP contribution in [0.25, 0.3) is 0 Å². The monoisotopic (exact) mass is 301 g/mol. The molecule has 108 valence electrons. The molecule has 0 saturated heterocycles. The van der Waals surface area contributed by atoms with Gasteiger partial charge in [-0.05, 0) is 31.3 Å². The van der Waals surface area contributed by atoms with Gasteiger partial charge in [0.15, 0.2) is 0 Å². The fourth-order valence-electron chi connectivity index (χ4n) is 1.86. The molecule has 0 aliphatic heterocycles. The molecule has 2 aromatic heterocycles. The number of hydrogen-bond donors (Lipinski definition) is 1. The van der Waals surface area contributed by atoms with Gasteiger partial charge in [0.1, 0.15) is 22.5 Å². The minimum absolute atomic E-state index is 0.103. The largest absolute Gasteiger partial charge is 0.311 e. The molecule has 1 N–H and O–H groups in total. The first-order valence-corrected chi connectivity index (χ1v) is 7.22. The fourth-order valence-corrected chi connectivity index (χ4v) is 2.60. The van der Waals surface area contributed by atoms with Crippen LogP contribution >= 0.6 is 11.5 Å². The molecule has 0 spiro atoms. The summed E-state index contributed by atoms with van der Waals surface area (Å²) in [7, 11) is 0. The van der Waals surface area contributed by atoms with Crippen molar-refractivity contribution in [2.75, 3.05) is 5.32 Å². The predicted octanol–water partition coefficient (Wildman–Crippen LogP) is 2.80. The number of aryl methyl sites for hydroxylation is 2. The number of rotatable bonds is 3. The average molecular weight is 301 g/mol. The third-order valence-electron chi connectivity index (χ3n) is 2.93. The van der Waals surface area contributed by atoms with E-state index in [4.69, 9.17) is 5.26 Å². The highest BCUT2D eigenvalue weighted by Crippen LogP contribution is 2.25. The van der Waals surface area contributed by atoms with Crippen molar-refractivity contribution < 1.29 is 4.79 Å². The van der Waals surface area contributed by atoms with Crippen LogP contribution in [-0.4, -0.2) is 20.2 Å². The Morgan fingerprint density at radius 1 is 1.43 bits per heavy atom. The SMILES string of the molecule is Cc1ncc(C(=O)Nc2snc(C)c2C#N)c(C(C)C)n1. The van der Waals surface area contributed by atoms with Crippen molar-refractivity contribution in [3.05, 3.63) is 34.5 Å². The number of anilines is 1. The van der Waals surface area contributed by atoms with E-state index < -0.39 is 0 Å². The van der Waals surface area contributed by atoms with E-state index in [0.717, 1.165) is 11.5 Å². The summed E-state index contributed by atoms with van der Waals surface area (Å²) in [5.41, 5.74) is 2.12. The third kappa shape index (κ3) is 3.06. The van der Waals surface area contributed by atoms with Gasteiger partial charge in [0.25, 0.3) is 5.91 Å². The highest BCUT2D eigenvalue weighted by atomic mass is 32.1. The average Bonchev–Trinajstić information content (AvgIpc) is 2.78. The molecule has 2 rings (SSSR count). The van der Waals surface area contributed by atoms with Gasteiger partial charge < -0.3 is 5.32 Å². The lowest BCUT2D eigenvalue weighted by molar-refractivity contribution is 0.102. The Labute approximate surface area is 127 Å². The van der Waals surface area contributed by atoms with E-state index >= 15 is 0 Å². The molecule has 21 heavy (non-hydrogen) atoms. The van der Waals surface area contributed by atoms with E-state index in [1.165, 1.54) is 6.20 Å². The van der Waals surface area contributed by atoms with Gasteiger partial charge in [0.2, 0.25) is 0 Å². The Hall–Kier alpha value is -2.33. The Morgan fingerprint density at radius 3 is 2.76 bits per heavy atom. The zero-order chi connectivity index (χ0) is 15.6. The molecule has 7 heteroatoms. The quantitative estimate of drug-likeness (QED) is 0.941. The smallest absolute Gasteiger partial charge is 0.259 e. The number of carbonyl (C=O) groups is 1. The molecule has 0 saturated carbocycles. The second-order valence-electron chi connectivity index (χ2n) is 4.91. The van der Waals surface area contributed by atoms with Crippen LogP contribution in [0.1, 0.15) is 52.9 Å². The molecular formula is C14H15N5OS. The fraction of sp³-hybridized carbons (Fsp3) is 0.357. The molecule has 0 fully saturated rings. The molecular weight excluding hydrogens is 286 g/mol. The number of hydrogen-bond acceptors (Lipinski definition) is 6. The van der Waals surface area contributed by atoms with Crippen LogP contribution < -0.4 is 5.32 Å². The topological polar surface area (TPSA) is 91.6 Å². The Balaban J connectivity index is 2.35. The van der Waals surface area contributed by atoms with Gasteiger partial charge in [-0.2, -0.15) is 9.64 Å². The normalized spacial score (nSPS) is 10.5. The Kier molecular flexibility index (Phi) is 4.29. The van der Waals surface area contributed by atoms with Crippen LogP contribution in [0.3, 0.4) is 0 Å². The lowest BCUT2D eigenvalue weighted by atomic mass is 10.0. The summed E-state index contributed by atoms with van der Waals surface area (Å²) in [6.07, 6.45) is 1.52. The van der Waals surface area contributed by atoms with Crippen molar-refractivity contribution in [2.24, 2.45) is 0 Å². The van der Waals surface area contributed by atoms with E-state index in [2.05, 4.69) is 19.7 Å². The van der Waals surface area contributed by atoms with Crippen molar-refractivity contribution in [3.63, 3.8) is 0 Å². The van der Waals surface area contributed by atoms with Crippen molar-refractivity contribution in [1.82, 2.24) is 14.3 Å². The second kappa shape index (κ2) is 5.97. The van der Waals surface area contributed by atoms with Gasteiger partial charge in [-0.3, -0.25) is 4.79 Å². The maximum Gasteiger partial charge on any atom is 0.259 e. The zero-order valence-electron chi connectivity index (χ0n) is 12.3. The molecule has 0 radical (unpaired) electrons. The second-order valence-corrected chi connectivity index (χ2v) is 5.68. The van der Waals surface area contributed by atoms with Gasteiger partial charge in [0, 0.05) is 6.20 Å². The van der Waals surface area contributed by atoms with E-state index in [9.17, 15) is 4.79 Å². The zero-order valence-corrected chi connectivity index (χ0v) is 13.1. The van der Waals surface area contributed by atoms with Crippen molar-refractivity contribution in [3.8, 4) is 6.07 Å². The molecule has 0 aromatic carbocycles. The summed E-state index contributed by atoms with van der Waals surface area (Å²) in [6.45, 7) is 7.46. The van der Waals surface area contributed by atoms with Crippen LogP contribution in [-0.2, 0) is 0 Å². The molecule has 0 aliphatic rings. The summed E-state index contributed by atoms with van der Waals surface area (Å²) in [5.74, 6) is 0.409. The van der Waals surface area contributed by atoms with Crippen LogP contribution in [0.15, 0.2) is 6.20 Å². The molecule has 0 bridgehead atoms. The van der Waals surface area contributed by atoms with Crippen LogP contribution in [0.5, 0.6) is 0 Å². The number of aromatic nitrogens is 3. The number of nitriles is 1. The van der Waals surface area contributed by atoms with Gasteiger partial charge in [0.05, 0.1) is 17.0 Å². The van der Waals surface area contributed by atoms with E-state index in [1.807, 2.05) is 19.9 Å². The van der Waals surface area contributed by atoms with Gasteiger partial charge in [-0.1, -0.05) is 13.8 Å². The van der Waals surface area contributed by atoms with E-state index in [0.29, 0.717) is 33.3 Å². The highest BCUT2D eigenvalue weighted by Gasteiger charge is 2.19. The summed E-state index contributed by atoms with van der Waals surface area (Å²) < 4.78 is 4.08. The van der Waals surface area contributed by atoms with Gasteiger partial charge >= 0.3 is 0 Å². The highest BCUT2D eigenvalue weighted by molar-refractivity contribution is 7.10. The van der Waals surface area contributed by atoms with E-state index in [-0.39, 0.29) is 11.8 Å². The summed E-state index contributed by atoms with van der Waals surface area (Å²) in [6, 6.07) is 2.05. The lowest BCUT2D eigenvalue weighted by Crippen LogP contribution is -2.17. The van der Waals surface area contributed by atoms with Gasteiger partial charge in [-0.15, -0.1) is 0 Å². The minimum Gasteiger partial charge on any atom is -0.311 e. The van der Waals surface area contributed by atoms with Crippen molar-refractivity contribution in [1.29, 1.82) is 5.26 Å². The third-order valence-corrected chi connectivity index (χ3v) is 3.79. The molecule has 2 aromatic rings. The standard InChI is InChI=1S/C14H15N5OS/c1-7(2)12-11(6-16-9(4)17-12)13(20)18-14-10(5-15)8(3)19-21-14/h6-7H,1-4H3,(H,18,20). The number of carbonyl (C=O) groups excluding carboxylic acids is 1. The number of nitrogens with one attached hydrogen (secondary N) is 1. The summed E-state index contributed by atoms with van der Waals surface area (Å²) in [4.78, 5) is 20.8. The lowest BCUT2D eigenvalue weighted by Gasteiger charge is -2.11. The van der Waals surface area contributed by atoms with Crippen molar-refractivity contribution >= 4 is 22.4 Å². The molecule has 0 atom stereocenters. The van der Waals surface area contributed by atoms with Crippen LogP contribution in [0.4, 0.5) is 5.00 Å². The minimum atomic E-state index is -0.321. The Bertz CT molecular complexity index is 729. The summed E-state index contributed by atoms with van der Waals surface area (Å²) >= 11 is 1.10. The van der Waals surface area contributed by atoms with Crippen molar-refractivity contribution in [2.45, 2.75) is 33.6 Å². The summed E-state index contributed by atoms with van der Waals surface area (Å²) in [5, 5.41) is 12.3. The molecule has 6 nitrogen and oxygen atoms in total. The van der Waals surface area contributed by atoms with Gasteiger partial charge in [-0.25, -0.2) is 9.97 Å². The number of nitrogens with zero attached hydrogens (tertiary/aromatic N) is 4. The molecule has 0 aliphatic carbocycles. The molecule has 1 amide bonds. The first-order valence-electron chi connectivity index (χ1n) is 6.45. The van der Waals surface area contributed by atoms with E-state index in [1.54, 1.807) is 13.8 Å².